The van der Waals surface area contributed by atoms with Crippen molar-refractivity contribution in [1.82, 2.24) is 14.5 Å². The van der Waals surface area contributed by atoms with Gasteiger partial charge in [-0.15, -0.1) is 0 Å². The van der Waals surface area contributed by atoms with Crippen LogP contribution in [0.15, 0.2) is 72.8 Å². The van der Waals surface area contributed by atoms with E-state index in [9.17, 15) is 14.7 Å². The Morgan fingerprint density at radius 3 is 2.54 bits per heavy atom. The number of hydrogen-bond donors (Lipinski definition) is 1. The molecule has 1 aliphatic heterocycles. The number of nitrogens with zero attached hydrogens (tertiary/aromatic N) is 3. The molecule has 1 unspecified atom stereocenters. The number of likely N-dealkylation sites (tertiary alicyclic amines) is 1. The summed E-state index contributed by atoms with van der Waals surface area (Å²) in [4.78, 5) is 32.0. The molecular weight excluding hydrogens is 470 g/mol. The summed E-state index contributed by atoms with van der Waals surface area (Å²) in [6.07, 6.45) is 9.10. The minimum absolute atomic E-state index is 0.0671. The van der Waals surface area contributed by atoms with Crippen molar-refractivity contribution in [3.05, 3.63) is 84.0 Å². The van der Waals surface area contributed by atoms with Crippen LogP contribution >= 0.6 is 0 Å². The van der Waals surface area contributed by atoms with Crippen LogP contribution in [0.1, 0.15) is 49.8 Å². The molecule has 8 nitrogen and oxygen atoms in total. The summed E-state index contributed by atoms with van der Waals surface area (Å²) < 4.78 is 13.0. The molecule has 0 spiro atoms. The van der Waals surface area contributed by atoms with Crippen molar-refractivity contribution in [3.63, 3.8) is 0 Å². The smallest absolute Gasteiger partial charge is 0.295 e. The average molecular weight is 504 g/mol. The largest absolute Gasteiger partial charge is 0.507 e. The van der Waals surface area contributed by atoms with Crippen LogP contribution in [0.5, 0.6) is 11.5 Å². The molecule has 0 bridgehead atoms. The van der Waals surface area contributed by atoms with E-state index in [0.29, 0.717) is 37.4 Å². The Balaban J connectivity index is 1.66. The number of carbonyl (C=O) groups is 2. The van der Waals surface area contributed by atoms with Crippen molar-refractivity contribution < 1.29 is 24.2 Å². The minimum atomic E-state index is -0.719. The van der Waals surface area contributed by atoms with Crippen molar-refractivity contribution in [1.29, 1.82) is 0 Å². The van der Waals surface area contributed by atoms with Gasteiger partial charge in [0.2, 0.25) is 0 Å². The molecule has 1 aromatic heterocycles. The number of ether oxygens (including phenoxy) is 2. The van der Waals surface area contributed by atoms with Crippen LogP contribution in [0.25, 0.3) is 5.76 Å². The molecule has 2 heterocycles. The van der Waals surface area contributed by atoms with E-state index in [-0.39, 0.29) is 11.3 Å². The van der Waals surface area contributed by atoms with Gasteiger partial charge in [0.25, 0.3) is 11.7 Å². The molecule has 0 radical (unpaired) electrons. The summed E-state index contributed by atoms with van der Waals surface area (Å²) >= 11 is 0. The third kappa shape index (κ3) is 6.02. The van der Waals surface area contributed by atoms with Gasteiger partial charge in [-0.1, -0.05) is 44.0 Å². The first kappa shape index (κ1) is 26.0. The Labute approximate surface area is 217 Å². The molecule has 2 aromatic carbocycles. The number of unbranched alkanes of at least 4 members (excludes halogenated alkanes) is 2. The van der Waals surface area contributed by atoms with Crippen LogP contribution < -0.4 is 9.47 Å². The standard InChI is InChI=1S/C29H33N3O5/c1-3-4-5-18-37-23-12-10-21(11-13-23)26-25(27(33)22-8-6-9-24(19-22)36-2)28(34)29(35)32(26)16-7-15-31-17-14-30-20-31/h6,8-14,17,19-20,26,33H,3-5,7,15-16,18H2,1-2H3/b27-25+. The maximum atomic E-state index is 13.3. The van der Waals surface area contributed by atoms with Crippen LogP contribution in [0, 0.1) is 0 Å². The zero-order valence-electron chi connectivity index (χ0n) is 21.3. The first-order chi connectivity index (χ1) is 18.0. The van der Waals surface area contributed by atoms with Crippen molar-refractivity contribution in [2.75, 3.05) is 20.3 Å². The number of carbonyl (C=O) groups excluding carboxylic acids is 2. The summed E-state index contributed by atoms with van der Waals surface area (Å²) in [6.45, 7) is 3.77. The molecule has 4 rings (SSSR count). The lowest BCUT2D eigenvalue weighted by Gasteiger charge is -2.25. The number of aliphatic hydroxyl groups is 1. The van der Waals surface area contributed by atoms with E-state index in [1.807, 2.05) is 35.0 Å². The zero-order chi connectivity index (χ0) is 26.2. The van der Waals surface area contributed by atoms with Crippen molar-refractivity contribution >= 4 is 17.4 Å². The number of hydrogen-bond acceptors (Lipinski definition) is 6. The number of imidazole rings is 1. The highest BCUT2D eigenvalue weighted by Crippen LogP contribution is 2.40. The Bertz CT molecular complexity index is 1230. The van der Waals surface area contributed by atoms with Crippen LogP contribution in [0.2, 0.25) is 0 Å². The van der Waals surface area contributed by atoms with Gasteiger partial charge in [0.05, 0.1) is 31.7 Å². The second-order valence-electron chi connectivity index (χ2n) is 9.00. The van der Waals surface area contributed by atoms with Gasteiger partial charge >= 0.3 is 0 Å². The fourth-order valence-corrected chi connectivity index (χ4v) is 4.51. The highest BCUT2D eigenvalue weighted by molar-refractivity contribution is 6.46. The number of amides is 1. The lowest BCUT2D eigenvalue weighted by Crippen LogP contribution is -2.31. The molecule has 0 aliphatic carbocycles. The third-order valence-corrected chi connectivity index (χ3v) is 6.47. The number of aliphatic hydroxyl groups excluding tert-OH is 1. The zero-order valence-corrected chi connectivity index (χ0v) is 21.3. The van der Waals surface area contributed by atoms with Crippen LogP contribution in [0.4, 0.5) is 0 Å². The first-order valence-corrected chi connectivity index (χ1v) is 12.6. The molecule has 1 aliphatic rings. The number of ketones is 1. The molecule has 1 saturated heterocycles. The predicted molar refractivity (Wildman–Crippen MR) is 140 cm³/mol. The van der Waals surface area contributed by atoms with Crippen LogP contribution in [0.3, 0.4) is 0 Å². The third-order valence-electron chi connectivity index (χ3n) is 6.47. The molecule has 1 fully saturated rings. The Kier molecular flexibility index (Phi) is 8.61. The molecule has 1 atom stereocenters. The monoisotopic (exact) mass is 503 g/mol. The normalized spacial score (nSPS) is 16.8. The second-order valence-corrected chi connectivity index (χ2v) is 9.00. The maximum absolute atomic E-state index is 13.3. The van der Waals surface area contributed by atoms with Gasteiger partial charge in [-0.05, 0) is 42.7 Å². The molecule has 0 saturated carbocycles. The molecule has 194 valence electrons. The van der Waals surface area contributed by atoms with Gasteiger partial charge in [-0.25, -0.2) is 4.98 Å². The number of methoxy groups -OCH3 is 1. The highest BCUT2D eigenvalue weighted by atomic mass is 16.5. The summed E-state index contributed by atoms with van der Waals surface area (Å²) in [6, 6.07) is 13.5. The van der Waals surface area contributed by atoms with Gasteiger partial charge < -0.3 is 24.0 Å². The highest BCUT2D eigenvalue weighted by Gasteiger charge is 2.45. The lowest BCUT2D eigenvalue weighted by molar-refractivity contribution is -0.139. The summed E-state index contributed by atoms with van der Waals surface area (Å²) in [7, 11) is 1.53. The van der Waals surface area contributed by atoms with Crippen molar-refractivity contribution in [2.24, 2.45) is 0 Å². The molecule has 1 N–H and O–H groups in total. The van der Waals surface area contributed by atoms with Gasteiger partial charge in [0, 0.05) is 31.0 Å². The average Bonchev–Trinajstić information content (AvgIpc) is 3.53. The number of aryl methyl sites for hydroxylation is 1. The molecular formula is C29H33N3O5. The van der Waals surface area contributed by atoms with Crippen LogP contribution in [-0.4, -0.2) is 51.5 Å². The van der Waals surface area contributed by atoms with Gasteiger partial charge in [0.15, 0.2) is 0 Å². The molecule has 1 amide bonds. The topological polar surface area (TPSA) is 93.9 Å². The van der Waals surface area contributed by atoms with Gasteiger partial charge in [-0.3, -0.25) is 9.59 Å². The van der Waals surface area contributed by atoms with Crippen molar-refractivity contribution in [3.8, 4) is 11.5 Å². The number of rotatable bonds is 12. The predicted octanol–water partition coefficient (Wildman–Crippen LogP) is 4.97. The fraction of sp³-hybridized carbons (Fsp3) is 0.345. The molecule has 37 heavy (non-hydrogen) atoms. The first-order valence-electron chi connectivity index (χ1n) is 12.6. The quantitative estimate of drug-likeness (QED) is 0.162. The number of Topliss-reactive ketones (excluding diaryl/α,β-unsaturated/α-hetero) is 1. The van der Waals surface area contributed by atoms with Crippen LogP contribution in [-0.2, 0) is 16.1 Å². The Morgan fingerprint density at radius 1 is 1.03 bits per heavy atom. The molecule has 3 aromatic rings. The lowest BCUT2D eigenvalue weighted by atomic mass is 9.95. The number of benzene rings is 2. The SMILES string of the molecule is CCCCCOc1ccc(C2/C(=C(\O)c3cccc(OC)c3)C(=O)C(=O)N2CCCn2ccnc2)cc1. The molecule has 8 heteroatoms. The second kappa shape index (κ2) is 12.3. The summed E-state index contributed by atoms with van der Waals surface area (Å²) in [5, 5.41) is 11.3. The maximum Gasteiger partial charge on any atom is 0.295 e. The van der Waals surface area contributed by atoms with Gasteiger partial charge in [0.1, 0.15) is 17.3 Å². The van der Waals surface area contributed by atoms with E-state index in [0.717, 1.165) is 30.6 Å². The van der Waals surface area contributed by atoms with E-state index in [4.69, 9.17) is 9.47 Å². The Hall–Kier alpha value is -4.07. The Morgan fingerprint density at radius 2 is 1.84 bits per heavy atom. The number of aromatic nitrogens is 2. The summed E-state index contributed by atoms with van der Waals surface area (Å²) in [5.41, 5.74) is 1.21. The van der Waals surface area contributed by atoms with E-state index in [1.54, 1.807) is 41.7 Å². The van der Waals surface area contributed by atoms with Gasteiger partial charge in [-0.2, -0.15) is 0 Å². The summed E-state index contributed by atoms with van der Waals surface area (Å²) in [5.74, 6) is -0.281. The van der Waals surface area contributed by atoms with E-state index < -0.39 is 17.7 Å². The van der Waals surface area contributed by atoms with Crippen molar-refractivity contribution in [2.45, 2.75) is 45.2 Å². The fourth-order valence-electron chi connectivity index (χ4n) is 4.51. The van der Waals surface area contributed by atoms with E-state index >= 15 is 0 Å². The van der Waals surface area contributed by atoms with E-state index in [1.165, 1.54) is 7.11 Å². The minimum Gasteiger partial charge on any atom is -0.507 e. The van der Waals surface area contributed by atoms with E-state index in [2.05, 4.69) is 11.9 Å².